The third-order valence-corrected chi connectivity index (χ3v) is 8.87. The molecule has 2 fully saturated rings. The highest BCUT2D eigenvalue weighted by molar-refractivity contribution is 7.17. The number of amides is 2. The lowest BCUT2D eigenvalue weighted by atomic mass is 9.78. The lowest BCUT2D eigenvalue weighted by molar-refractivity contribution is -0.148. The molecule has 3 aliphatic rings. The number of hydrogen-bond acceptors (Lipinski definition) is 4. The fourth-order valence-electron chi connectivity index (χ4n) is 6.19. The number of nitrogens with one attached hydrogen (secondary N) is 1. The number of hydrogen-bond donors (Lipinski definition) is 3. The maximum Gasteiger partial charge on any atom is 0.307 e. The molecule has 0 saturated heterocycles. The summed E-state index contributed by atoms with van der Waals surface area (Å²) < 4.78 is 0. The first-order valence-electron chi connectivity index (χ1n) is 12.0. The van der Waals surface area contributed by atoms with Crippen LogP contribution in [0.5, 0.6) is 0 Å². The van der Waals surface area contributed by atoms with Crippen molar-refractivity contribution in [2.24, 2.45) is 29.4 Å². The van der Waals surface area contributed by atoms with E-state index in [1.807, 2.05) is 0 Å². The van der Waals surface area contributed by atoms with E-state index >= 15 is 0 Å². The number of carbonyl (C=O) groups excluding carboxylic acids is 2. The number of carbonyl (C=O) groups is 3. The Morgan fingerprint density at radius 1 is 0.871 bits per heavy atom. The van der Waals surface area contributed by atoms with E-state index in [1.165, 1.54) is 43.4 Å². The van der Waals surface area contributed by atoms with Crippen molar-refractivity contribution in [3.63, 3.8) is 0 Å². The smallest absolute Gasteiger partial charge is 0.307 e. The first kappa shape index (κ1) is 22.3. The second kappa shape index (κ2) is 9.72. The second-order valence-electron chi connectivity index (χ2n) is 9.61. The molecule has 2 bridgehead atoms. The summed E-state index contributed by atoms with van der Waals surface area (Å²) in [6, 6.07) is 0. The highest BCUT2D eigenvalue weighted by atomic mass is 32.1. The predicted octanol–water partition coefficient (Wildman–Crippen LogP) is 4.75. The van der Waals surface area contributed by atoms with Gasteiger partial charge in [-0.05, 0) is 62.3 Å². The van der Waals surface area contributed by atoms with Crippen molar-refractivity contribution in [1.29, 1.82) is 0 Å². The fourth-order valence-corrected chi connectivity index (χ4v) is 7.49. The first-order valence-corrected chi connectivity index (χ1v) is 12.8. The molecule has 0 spiro atoms. The van der Waals surface area contributed by atoms with Gasteiger partial charge in [-0.2, -0.15) is 0 Å². The lowest BCUT2D eigenvalue weighted by Gasteiger charge is -2.26. The minimum absolute atomic E-state index is 0.0952. The zero-order valence-corrected chi connectivity index (χ0v) is 19.0. The first-order chi connectivity index (χ1) is 15.0. The minimum Gasteiger partial charge on any atom is -0.481 e. The minimum atomic E-state index is -0.874. The highest BCUT2D eigenvalue weighted by Gasteiger charge is 2.54. The van der Waals surface area contributed by atoms with Gasteiger partial charge in [0.2, 0.25) is 5.91 Å². The number of rotatable bonds is 4. The molecule has 2 amide bonds. The Labute approximate surface area is 188 Å². The summed E-state index contributed by atoms with van der Waals surface area (Å²) in [6.07, 6.45) is 13.8. The molecule has 170 valence electrons. The third-order valence-electron chi connectivity index (χ3n) is 7.66. The van der Waals surface area contributed by atoms with Gasteiger partial charge in [0.25, 0.3) is 5.91 Å². The zero-order valence-electron chi connectivity index (χ0n) is 18.2. The van der Waals surface area contributed by atoms with Crippen LogP contribution in [0.3, 0.4) is 0 Å². The van der Waals surface area contributed by atoms with Crippen LogP contribution in [0.2, 0.25) is 0 Å². The van der Waals surface area contributed by atoms with Gasteiger partial charge in [-0.25, -0.2) is 0 Å². The SMILES string of the molecule is NC(=O)c1c(NC(=O)[C@@H]2[C@H]3CC[C@@H](C3)[C@@H]2C(=O)O)sc2c1CCCCCCCCCC2. The van der Waals surface area contributed by atoms with Crippen LogP contribution in [0.4, 0.5) is 5.00 Å². The largest absolute Gasteiger partial charge is 0.481 e. The maximum absolute atomic E-state index is 13.2. The summed E-state index contributed by atoms with van der Waals surface area (Å²) in [4.78, 5) is 38.6. The molecular formula is C24H34N2O4S. The molecule has 0 aromatic carbocycles. The van der Waals surface area contributed by atoms with E-state index in [0.29, 0.717) is 10.6 Å². The van der Waals surface area contributed by atoms with Crippen molar-refractivity contribution in [2.75, 3.05) is 5.32 Å². The third kappa shape index (κ3) is 4.66. The molecule has 0 unspecified atom stereocenters. The molecule has 6 nitrogen and oxygen atoms in total. The van der Waals surface area contributed by atoms with Gasteiger partial charge in [-0.3, -0.25) is 14.4 Å². The number of aliphatic carboxylic acids is 1. The summed E-state index contributed by atoms with van der Waals surface area (Å²) in [6.45, 7) is 0. The average molecular weight is 447 g/mol. The number of fused-ring (bicyclic) bond motifs is 3. The van der Waals surface area contributed by atoms with Gasteiger partial charge >= 0.3 is 5.97 Å². The van der Waals surface area contributed by atoms with Crippen molar-refractivity contribution in [2.45, 2.75) is 83.5 Å². The van der Waals surface area contributed by atoms with Crippen LogP contribution in [0, 0.1) is 23.7 Å². The van der Waals surface area contributed by atoms with Crippen molar-refractivity contribution < 1.29 is 19.5 Å². The lowest BCUT2D eigenvalue weighted by Crippen LogP contribution is -2.38. The van der Waals surface area contributed by atoms with Crippen LogP contribution in [-0.4, -0.2) is 22.9 Å². The van der Waals surface area contributed by atoms with Gasteiger partial charge in [-0.1, -0.05) is 38.5 Å². The van der Waals surface area contributed by atoms with E-state index in [9.17, 15) is 19.5 Å². The van der Waals surface area contributed by atoms with Crippen LogP contribution in [0.1, 0.15) is 91.4 Å². The van der Waals surface area contributed by atoms with E-state index in [-0.39, 0.29) is 17.7 Å². The Kier molecular flexibility index (Phi) is 6.99. The number of thiophene rings is 1. The number of aryl methyl sites for hydroxylation is 1. The quantitative estimate of drug-likeness (QED) is 0.620. The Bertz CT molecular complexity index is 849. The standard InChI is InChI=1S/C24H34N2O4S/c25-21(27)20-16-9-7-5-3-1-2-4-6-8-10-17(16)31-23(20)26-22(28)18-14-11-12-15(13-14)19(18)24(29)30/h14-15,18-19H,1-13H2,(H2,25,27)(H,26,28)(H,29,30)/t14-,15-,18+,19-/m0/s1. The van der Waals surface area contributed by atoms with Gasteiger partial charge in [0.15, 0.2) is 0 Å². The molecule has 31 heavy (non-hydrogen) atoms. The van der Waals surface area contributed by atoms with Crippen molar-refractivity contribution in [3.8, 4) is 0 Å². The predicted molar refractivity (Wildman–Crippen MR) is 121 cm³/mol. The van der Waals surface area contributed by atoms with Crippen molar-refractivity contribution in [1.82, 2.24) is 0 Å². The van der Waals surface area contributed by atoms with E-state index in [1.54, 1.807) is 0 Å². The number of nitrogens with two attached hydrogens (primary N) is 1. The van der Waals surface area contributed by atoms with E-state index < -0.39 is 23.7 Å². The molecule has 1 heterocycles. The summed E-state index contributed by atoms with van der Waals surface area (Å²) in [5.41, 5.74) is 7.26. The van der Waals surface area contributed by atoms with Gasteiger partial charge in [0.1, 0.15) is 5.00 Å². The summed E-state index contributed by atoms with van der Waals surface area (Å²) in [7, 11) is 0. The Hall–Kier alpha value is -1.89. The molecular weight excluding hydrogens is 412 g/mol. The monoisotopic (exact) mass is 446 g/mol. The molecule has 4 atom stereocenters. The number of primary amides is 1. The summed E-state index contributed by atoms with van der Waals surface area (Å²) >= 11 is 1.48. The van der Waals surface area contributed by atoms with Gasteiger partial charge in [0, 0.05) is 4.88 Å². The molecule has 0 aliphatic heterocycles. The van der Waals surface area contributed by atoms with Crippen molar-refractivity contribution in [3.05, 3.63) is 16.0 Å². The number of anilines is 1. The summed E-state index contributed by atoms with van der Waals surface area (Å²) in [5.74, 6) is -2.53. The molecule has 4 rings (SSSR count). The molecule has 4 N–H and O–H groups in total. The van der Waals surface area contributed by atoms with Crippen LogP contribution >= 0.6 is 11.3 Å². The normalized spacial score (nSPS) is 28.9. The van der Waals surface area contributed by atoms with Crippen LogP contribution < -0.4 is 11.1 Å². The second-order valence-corrected chi connectivity index (χ2v) is 10.7. The van der Waals surface area contributed by atoms with E-state index in [0.717, 1.165) is 61.8 Å². The molecule has 1 aromatic heterocycles. The molecule has 3 aliphatic carbocycles. The Balaban J connectivity index is 1.59. The van der Waals surface area contributed by atoms with Gasteiger partial charge in [0.05, 0.1) is 17.4 Å². The number of carboxylic acid groups (broad SMARTS) is 1. The number of carboxylic acids is 1. The van der Waals surface area contributed by atoms with Crippen LogP contribution in [-0.2, 0) is 22.4 Å². The fraction of sp³-hybridized carbons (Fsp3) is 0.708. The van der Waals surface area contributed by atoms with Gasteiger partial charge < -0.3 is 16.2 Å². The van der Waals surface area contributed by atoms with Gasteiger partial charge in [-0.15, -0.1) is 11.3 Å². The molecule has 1 aromatic rings. The summed E-state index contributed by atoms with van der Waals surface area (Å²) in [5, 5.41) is 13.2. The topological polar surface area (TPSA) is 109 Å². The van der Waals surface area contributed by atoms with Crippen LogP contribution in [0.15, 0.2) is 0 Å². The van der Waals surface area contributed by atoms with E-state index in [2.05, 4.69) is 5.32 Å². The van der Waals surface area contributed by atoms with Crippen LogP contribution in [0.25, 0.3) is 0 Å². The molecule has 7 heteroatoms. The Morgan fingerprint density at radius 2 is 1.45 bits per heavy atom. The molecule has 0 radical (unpaired) electrons. The van der Waals surface area contributed by atoms with E-state index in [4.69, 9.17) is 5.73 Å². The van der Waals surface area contributed by atoms with Crippen molar-refractivity contribution >= 4 is 34.1 Å². The Morgan fingerprint density at radius 3 is 2.06 bits per heavy atom. The highest BCUT2D eigenvalue weighted by Crippen LogP contribution is 2.53. The average Bonchev–Trinajstić information content (AvgIpc) is 3.41. The maximum atomic E-state index is 13.2. The molecule has 2 saturated carbocycles. The zero-order chi connectivity index (χ0) is 22.0.